The minimum absolute atomic E-state index is 0. The van der Waals surface area contributed by atoms with Crippen LogP contribution in [0.15, 0.2) is 24.3 Å². The molecule has 0 aliphatic carbocycles. The van der Waals surface area contributed by atoms with Gasteiger partial charge in [-0.15, -0.1) is 0 Å². The van der Waals surface area contributed by atoms with E-state index in [1.165, 1.54) is 38.5 Å². The summed E-state index contributed by atoms with van der Waals surface area (Å²) in [5.74, 6) is -3.43. The van der Waals surface area contributed by atoms with Gasteiger partial charge in [-0.2, -0.15) is 0 Å². The number of rotatable bonds is 31. The second-order valence-corrected chi connectivity index (χ2v) is 12.3. The summed E-state index contributed by atoms with van der Waals surface area (Å²) in [6.07, 6.45) is 34.0. The number of carbonyl (C=O) groups excluding carboxylic acids is 3. The van der Waals surface area contributed by atoms with Crippen LogP contribution in [0.4, 0.5) is 0 Å². The third-order valence-corrected chi connectivity index (χ3v) is 7.55. The van der Waals surface area contributed by atoms with E-state index >= 15 is 0 Å². The van der Waals surface area contributed by atoms with Gasteiger partial charge in [0.1, 0.15) is 0 Å². The van der Waals surface area contributed by atoms with Crippen LogP contribution in [0.5, 0.6) is 0 Å². The van der Waals surface area contributed by atoms with Crippen molar-refractivity contribution in [2.24, 2.45) is 0 Å². The summed E-state index contributed by atoms with van der Waals surface area (Å²) < 4.78 is 0. The Bertz CT molecular complexity index is 690. The summed E-state index contributed by atoms with van der Waals surface area (Å²) in [7, 11) is 0. The van der Waals surface area contributed by atoms with Gasteiger partial charge in [-0.3, -0.25) is 0 Å². The second-order valence-electron chi connectivity index (χ2n) is 12.3. The maximum Gasteiger partial charge on any atom is 4.00 e. The Kier molecular flexibility index (Phi) is 50.5. The third-order valence-electron chi connectivity index (χ3n) is 7.55. The largest absolute Gasteiger partial charge is 4.00 e. The van der Waals surface area contributed by atoms with Crippen molar-refractivity contribution >= 4 is 17.9 Å². The molecule has 9 nitrogen and oxygen atoms in total. The summed E-state index contributed by atoms with van der Waals surface area (Å²) in [4.78, 5) is 29.4. The fourth-order valence-corrected chi connectivity index (χ4v) is 4.72. The molecule has 2 N–H and O–H groups in total. The number of aliphatic carboxylic acids is 3. The van der Waals surface area contributed by atoms with E-state index in [-0.39, 0.29) is 46.8 Å². The van der Waals surface area contributed by atoms with Crippen LogP contribution in [0.3, 0.4) is 0 Å². The van der Waals surface area contributed by atoms with E-state index in [2.05, 4.69) is 38.2 Å². The number of allylic oxidation sites excluding steroid dienone is 2. The van der Waals surface area contributed by atoms with Gasteiger partial charge in [0.25, 0.3) is 0 Å². The zero-order chi connectivity index (χ0) is 35.8. The van der Waals surface area contributed by atoms with Crippen molar-refractivity contribution in [3.63, 3.8) is 0 Å². The minimum Gasteiger partial charge on any atom is -0.850 e. The van der Waals surface area contributed by atoms with Gasteiger partial charge in [0.05, 0.1) is 12.2 Å². The van der Waals surface area contributed by atoms with Crippen molar-refractivity contribution in [1.82, 2.24) is 0 Å². The van der Waals surface area contributed by atoms with E-state index in [0.717, 1.165) is 116 Å². The number of hydrogen-bond acceptors (Lipinski definition) is 9. The summed E-state index contributed by atoms with van der Waals surface area (Å²) in [6.45, 7) is 3.26. The van der Waals surface area contributed by atoms with Crippen LogP contribution in [-0.4, -0.2) is 46.9 Å². The van der Waals surface area contributed by atoms with Crippen molar-refractivity contribution in [1.29, 1.82) is 0 Å². The van der Waals surface area contributed by atoms with Crippen molar-refractivity contribution in [2.45, 2.75) is 193 Å². The summed E-state index contributed by atoms with van der Waals surface area (Å²) >= 11 is 0. The molecule has 0 rings (SSSR count). The van der Waals surface area contributed by atoms with Crippen molar-refractivity contribution < 1.29 is 66.7 Å². The Morgan fingerprint density at radius 2 is 0.812 bits per heavy atom. The van der Waals surface area contributed by atoms with Gasteiger partial charge in [-0.25, -0.2) is 0 Å². The average molecular weight is 717 g/mol. The molecular formula is C38H68O9Ti. The molecule has 278 valence electrons. The van der Waals surface area contributed by atoms with E-state index in [9.17, 15) is 30.0 Å². The first-order valence-corrected chi connectivity index (χ1v) is 18.4. The van der Waals surface area contributed by atoms with E-state index in [1.54, 1.807) is 0 Å². The van der Waals surface area contributed by atoms with Gasteiger partial charge >= 0.3 is 21.7 Å². The first kappa shape index (κ1) is 53.3. The van der Waals surface area contributed by atoms with Gasteiger partial charge in [-0.05, 0) is 77.0 Å². The van der Waals surface area contributed by atoms with Crippen molar-refractivity contribution in [3.8, 4) is 0 Å². The molecule has 2 unspecified atom stereocenters. The number of aliphatic hydroxyl groups excluding tert-OH is 2. The third kappa shape index (κ3) is 56.8. The number of carbonyl (C=O) groups is 3. The Labute approximate surface area is 307 Å². The maximum absolute atomic E-state index is 10.2. The van der Waals surface area contributed by atoms with Crippen LogP contribution in [0, 0.1) is 0 Å². The number of carboxylic acids is 3. The van der Waals surface area contributed by atoms with Crippen LogP contribution in [0.2, 0.25) is 0 Å². The van der Waals surface area contributed by atoms with Crippen LogP contribution in [0.25, 0.3) is 0 Å². The summed E-state index contributed by atoms with van der Waals surface area (Å²) in [5, 5.41) is 57.9. The monoisotopic (exact) mass is 716 g/mol. The molecule has 0 radical (unpaired) electrons. The van der Waals surface area contributed by atoms with Crippen LogP contribution < -0.4 is 20.4 Å². The zero-order valence-electron chi connectivity index (χ0n) is 30.3. The van der Waals surface area contributed by atoms with Gasteiger partial charge < -0.3 is 45.0 Å². The predicted octanol–water partition coefficient (Wildman–Crippen LogP) is 4.58. The van der Waals surface area contributed by atoms with E-state index in [4.69, 9.17) is 15.0 Å². The number of hydrogen-bond donors (Lipinski definition) is 2. The summed E-state index contributed by atoms with van der Waals surface area (Å²) in [5.41, 5.74) is 0. The Hall–Kier alpha value is -1.52. The molecule has 0 amide bonds. The molecule has 0 aromatic heterocycles. The molecule has 48 heavy (non-hydrogen) atoms. The normalized spacial score (nSPS) is 12.0. The van der Waals surface area contributed by atoms with Gasteiger partial charge in [0.15, 0.2) is 0 Å². The first-order valence-electron chi connectivity index (χ1n) is 18.4. The number of aliphatic hydroxyl groups is 2. The number of unbranched alkanes of at least 4 members (excludes halogenated alkanes) is 16. The quantitative estimate of drug-likeness (QED) is 0.0589. The molecule has 0 spiro atoms. The molecule has 0 aliphatic rings. The molecule has 10 heteroatoms. The van der Waals surface area contributed by atoms with Gasteiger partial charge in [0.2, 0.25) is 0 Å². The molecule has 0 saturated carbocycles. The van der Waals surface area contributed by atoms with E-state index < -0.39 is 24.5 Å². The Morgan fingerprint density at radius 3 is 1.12 bits per heavy atom. The van der Waals surface area contributed by atoms with Crippen LogP contribution in [-0.2, 0) is 36.1 Å². The number of carboxylic acid groups (broad SMARTS) is 3. The topological polar surface area (TPSA) is 184 Å². The Morgan fingerprint density at radius 1 is 0.500 bits per heavy atom. The van der Waals surface area contributed by atoms with Crippen LogP contribution in [0.1, 0.15) is 181 Å². The average Bonchev–Trinajstić information content (AvgIpc) is 3.03. The van der Waals surface area contributed by atoms with Crippen molar-refractivity contribution in [3.05, 3.63) is 24.3 Å². The molecule has 2 atom stereocenters. The molecule has 0 bridgehead atoms. The molecule has 0 aliphatic heterocycles. The Balaban J connectivity index is -0.000000346. The first-order chi connectivity index (χ1) is 22.6. The molecule has 0 saturated heterocycles. The molecule has 0 heterocycles. The SMILES string of the molecule is CCCCCCC(O)CC=CCCCCCCCC(=O)[O-].CCCCCCC(O)CC=CCCCCCCCC(=O)[O-].O=C([O-])C[O-].[Ti+4]. The van der Waals surface area contributed by atoms with Crippen LogP contribution >= 0.6 is 0 Å². The molecule has 0 aromatic carbocycles. The van der Waals surface area contributed by atoms with Gasteiger partial charge in [0, 0.05) is 17.9 Å². The maximum atomic E-state index is 10.2. The predicted molar refractivity (Wildman–Crippen MR) is 182 cm³/mol. The van der Waals surface area contributed by atoms with E-state index in [0.29, 0.717) is 0 Å². The van der Waals surface area contributed by atoms with Gasteiger partial charge in [-0.1, -0.05) is 135 Å². The molecular weight excluding hydrogens is 648 g/mol. The smallest absolute Gasteiger partial charge is 0.850 e. The fraction of sp³-hybridized carbons (Fsp3) is 0.816. The standard InChI is InChI=1S/2C18H34O3.C2H3O3.Ti/c2*1-2-3-4-11-14-17(19)15-12-9-7-5-6-8-10-13-16-18(20)21;3-1-2(4)5;/h2*9,12,17,19H,2-8,10-11,13-16H2,1H3,(H,20,21);1H2,(H,4,5);/q;;-1;+4/p-3. The zero-order valence-corrected chi connectivity index (χ0v) is 31.9. The molecule has 0 aromatic rings. The fourth-order valence-electron chi connectivity index (χ4n) is 4.72. The minimum atomic E-state index is -1.55. The second kappa shape index (κ2) is 45.5. The van der Waals surface area contributed by atoms with E-state index in [1.807, 2.05) is 0 Å². The molecule has 0 fully saturated rings. The van der Waals surface area contributed by atoms with Crippen molar-refractivity contribution in [2.75, 3.05) is 6.61 Å². The summed E-state index contributed by atoms with van der Waals surface area (Å²) in [6, 6.07) is 0.